The Morgan fingerprint density at radius 2 is 1.68 bits per heavy atom. The standard InChI is InChI=1S/C25H32Cl2N2O7S2/c1-13-16(8-7-9-25(6,26)27)34-21(31)14-11-37-17(28-14)10-23(2,3)36-22(32)15-12-38-19(29-15)18(24(4,5)33)35-20(13)30/h11-13,16,18,33H,7-10H2,1-6H3/t13-,16-,18?/m0/s1. The van der Waals surface area contributed by atoms with Gasteiger partial charge in [-0.05, 0) is 60.8 Å². The van der Waals surface area contributed by atoms with Crippen molar-refractivity contribution in [1.29, 1.82) is 0 Å². The Morgan fingerprint density at radius 1 is 1.05 bits per heavy atom. The molecule has 2 aromatic rings. The molecule has 0 amide bonds. The number of aromatic nitrogens is 2. The Balaban J connectivity index is 1.99. The number of halogens is 2. The Labute approximate surface area is 239 Å². The molecule has 3 heterocycles. The Hall–Kier alpha value is -1.79. The molecule has 0 spiro atoms. The first-order valence-corrected chi connectivity index (χ1v) is 14.6. The average molecular weight is 608 g/mol. The molecule has 1 unspecified atom stereocenters. The van der Waals surface area contributed by atoms with Crippen molar-refractivity contribution in [2.45, 2.75) is 95.0 Å². The largest absolute Gasteiger partial charge is 0.457 e. The summed E-state index contributed by atoms with van der Waals surface area (Å²) >= 11 is 14.5. The molecule has 13 heteroatoms. The van der Waals surface area contributed by atoms with Crippen LogP contribution in [0, 0.1) is 5.92 Å². The molecule has 210 valence electrons. The molecule has 0 aromatic carbocycles. The molecule has 0 saturated carbocycles. The Kier molecular flexibility index (Phi) is 9.51. The van der Waals surface area contributed by atoms with Gasteiger partial charge >= 0.3 is 17.9 Å². The van der Waals surface area contributed by atoms with Crippen LogP contribution in [0.2, 0.25) is 0 Å². The van der Waals surface area contributed by atoms with Crippen molar-refractivity contribution < 1.29 is 33.7 Å². The lowest BCUT2D eigenvalue weighted by molar-refractivity contribution is -0.171. The highest BCUT2D eigenvalue weighted by Crippen LogP contribution is 2.35. The minimum absolute atomic E-state index is 0.0298. The molecule has 1 aliphatic rings. The number of thiazole rings is 2. The highest BCUT2D eigenvalue weighted by atomic mass is 35.5. The molecule has 9 nitrogen and oxygen atoms in total. The lowest BCUT2D eigenvalue weighted by Gasteiger charge is -2.30. The third-order valence-electron chi connectivity index (χ3n) is 5.83. The van der Waals surface area contributed by atoms with E-state index in [1.165, 1.54) is 30.6 Å². The first-order valence-electron chi connectivity index (χ1n) is 12.1. The number of alkyl halides is 2. The molecule has 3 rings (SSSR count). The van der Waals surface area contributed by atoms with E-state index in [4.69, 9.17) is 37.4 Å². The number of ether oxygens (including phenoxy) is 3. The SMILES string of the molecule is C[C@@H]1C(=O)OC(C(C)(C)O)c2nc(cs2)C(=O)OC(C)(C)Cc2nc(cs2)C(=O)O[C@H]1CCCC(C)(Cl)Cl. The van der Waals surface area contributed by atoms with Gasteiger partial charge in [0.25, 0.3) is 0 Å². The maximum atomic E-state index is 13.3. The van der Waals surface area contributed by atoms with Gasteiger partial charge in [-0.3, -0.25) is 4.79 Å². The molecular formula is C25H32Cl2N2O7S2. The van der Waals surface area contributed by atoms with E-state index in [1.54, 1.807) is 33.1 Å². The van der Waals surface area contributed by atoms with Crippen LogP contribution in [0.1, 0.15) is 97.9 Å². The minimum Gasteiger partial charge on any atom is -0.457 e. The van der Waals surface area contributed by atoms with E-state index in [9.17, 15) is 19.5 Å². The van der Waals surface area contributed by atoms with Crippen molar-refractivity contribution in [2.75, 3.05) is 0 Å². The Morgan fingerprint density at radius 3 is 2.32 bits per heavy atom. The number of rotatable bonds is 5. The summed E-state index contributed by atoms with van der Waals surface area (Å²) in [6.07, 6.45) is -0.631. The van der Waals surface area contributed by atoms with Gasteiger partial charge in [0.2, 0.25) is 0 Å². The van der Waals surface area contributed by atoms with Gasteiger partial charge in [-0.1, -0.05) is 0 Å². The van der Waals surface area contributed by atoms with Crippen LogP contribution in [-0.2, 0) is 25.4 Å². The Bertz CT molecular complexity index is 1170. The molecule has 38 heavy (non-hydrogen) atoms. The molecule has 3 atom stereocenters. The predicted octanol–water partition coefficient (Wildman–Crippen LogP) is 5.67. The molecule has 0 radical (unpaired) electrons. The summed E-state index contributed by atoms with van der Waals surface area (Å²) < 4.78 is 16.2. The number of fused-ring (bicyclic) bond motifs is 4. The van der Waals surface area contributed by atoms with Crippen molar-refractivity contribution in [2.24, 2.45) is 5.92 Å². The van der Waals surface area contributed by atoms with E-state index >= 15 is 0 Å². The molecule has 0 aliphatic carbocycles. The normalized spacial score (nSPS) is 23.3. The summed E-state index contributed by atoms with van der Waals surface area (Å²) in [6, 6.07) is 0. The average Bonchev–Trinajstić information content (AvgIpc) is 3.43. The van der Waals surface area contributed by atoms with Crippen molar-refractivity contribution >= 4 is 63.8 Å². The molecule has 1 aliphatic heterocycles. The predicted molar refractivity (Wildman–Crippen MR) is 145 cm³/mol. The summed E-state index contributed by atoms with van der Waals surface area (Å²) in [5.74, 6) is -2.98. The van der Waals surface area contributed by atoms with E-state index < -0.39 is 51.6 Å². The summed E-state index contributed by atoms with van der Waals surface area (Å²) in [5, 5.41) is 14.7. The van der Waals surface area contributed by atoms with Crippen LogP contribution in [0.15, 0.2) is 10.8 Å². The van der Waals surface area contributed by atoms with E-state index in [2.05, 4.69) is 9.97 Å². The zero-order chi connectivity index (χ0) is 28.5. The fraction of sp³-hybridized carbons (Fsp3) is 0.640. The highest BCUT2D eigenvalue weighted by molar-refractivity contribution is 7.10. The van der Waals surface area contributed by atoms with Crippen molar-refractivity contribution in [1.82, 2.24) is 9.97 Å². The number of carbonyl (C=O) groups is 3. The molecule has 1 N–H and O–H groups in total. The van der Waals surface area contributed by atoms with Gasteiger partial charge in [0.15, 0.2) is 17.5 Å². The lowest BCUT2D eigenvalue weighted by Crippen LogP contribution is -2.37. The van der Waals surface area contributed by atoms with Crippen molar-refractivity contribution in [3.63, 3.8) is 0 Å². The maximum Gasteiger partial charge on any atom is 0.358 e. The number of esters is 3. The zero-order valence-corrected chi connectivity index (χ0v) is 25.2. The zero-order valence-electron chi connectivity index (χ0n) is 22.1. The highest BCUT2D eigenvalue weighted by Gasteiger charge is 2.39. The third kappa shape index (κ3) is 8.35. The molecule has 2 aromatic heterocycles. The molecule has 0 fully saturated rings. The van der Waals surface area contributed by atoms with E-state index in [1.807, 2.05) is 0 Å². The minimum atomic E-state index is -1.53. The number of carbonyl (C=O) groups excluding carboxylic acids is 3. The summed E-state index contributed by atoms with van der Waals surface area (Å²) in [6.45, 7) is 9.64. The summed E-state index contributed by atoms with van der Waals surface area (Å²) in [5.41, 5.74) is -2.37. The van der Waals surface area contributed by atoms with Gasteiger partial charge in [0.05, 0.1) is 10.9 Å². The first kappa shape index (κ1) is 30.7. The molecule has 4 bridgehead atoms. The van der Waals surface area contributed by atoms with Crippen LogP contribution in [0.4, 0.5) is 0 Å². The topological polar surface area (TPSA) is 125 Å². The second-order valence-corrected chi connectivity index (χ2v) is 14.4. The van der Waals surface area contributed by atoms with Gasteiger partial charge in [-0.25, -0.2) is 19.6 Å². The van der Waals surface area contributed by atoms with E-state index in [-0.39, 0.29) is 29.2 Å². The molecular weight excluding hydrogens is 575 g/mol. The third-order valence-corrected chi connectivity index (χ3v) is 7.94. The monoisotopic (exact) mass is 606 g/mol. The van der Waals surface area contributed by atoms with E-state index in [0.29, 0.717) is 17.8 Å². The van der Waals surface area contributed by atoms with Crippen molar-refractivity contribution in [3.05, 3.63) is 32.2 Å². The number of hydrogen-bond acceptors (Lipinski definition) is 11. The van der Waals surface area contributed by atoms with Crippen molar-refractivity contribution in [3.8, 4) is 0 Å². The number of cyclic esters (lactones) is 3. The van der Waals surface area contributed by atoms with E-state index in [0.717, 1.165) is 11.3 Å². The lowest BCUT2D eigenvalue weighted by atomic mass is 9.97. The quantitative estimate of drug-likeness (QED) is 0.260. The van der Waals surface area contributed by atoms with Crippen LogP contribution in [0.5, 0.6) is 0 Å². The van der Waals surface area contributed by atoms with Gasteiger partial charge in [-0.2, -0.15) is 0 Å². The van der Waals surface area contributed by atoms with Crippen LogP contribution in [-0.4, -0.2) is 54.6 Å². The van der Waals surface area contributed by atoms with Gasteiger partial charge in [-0.15, -0.1) is 45.9 Å². The van der Waals surface area contributed by atoms with Gasteiger partial charge in [0.1, 0.15) is 26.6 Å². The summed E-state index contributed by atoms with van der Waals surface area (Å²) in [7, 11) is 0. The second kappa shape index (κ2) is 11.8. The first-order chi connectivity index (χ1) is 17.4. The second-order valence-electron chi connectivity index (χ2n) is 10.7. The summed E-state index contributed by atoms with van der Waals surface area (Å²) in [4.78, 5) is 47.8. The maximum absolute atomic E-state index is 13.3. The number of nitrogens with zero attached hydrogens (tertiary/aromatic N) is 2. The number of hydrogen-bond donors (Lipinski definition) is 1. The smallest absolute Gasteiger partial charge is 0.358 e. The fourth-order valence-electron chi connectivity index (χ4n) is 3.79. The molecule has 0 saturated heterocycles. The fourth-order valence-corrected chi connectivity index (χ4v) is 6.02. The van der Waals surface area contributed by atoms with Crippen LogP contribution >= 0.6 is 45.9 Å². The van der Waals surface area contributed by atoms with Crippen LogP contribution in [0.3, 0.4) is 0 Å². The van der Waals surface area contributed by atoms with Crippen LogP contribution < -0.4 is 0 Å². The number of aliphatic hydroxyl groups is 1. The van der Waals surface area contributed by atoms with Gasteiger partial charge in [0, 0.05) is 17.2 Å². The van der Waals surface area contributed by atoms with Gasteiger partial charge < -0.3 is 19.3 Å². The van der Waals surface area contributed by atoms with Crippen LogP contribution in [0.25, 0.3) is 0 Å².